The van der Waals surface area contributed by atoms with Gasteiger partial charge in [-0.2, -0.15) is 0 Å². The van der Waals surface area contributed by atoms with E-state index in [4.69, 9.17) is 9.47 Å². The topological polar surface area (TPSA) is 35.5 Å². The van der Waals surface area contributed by atoms with Crippen LogP contribution in [0.25, 0.3) is 0 Å². The van der Waals surface area contributed by atoms with Crippen LogP contribution in [0.4, 0.5) is 0 Å². The number of carbonyl (C=O) groups excluding carboxylic acids is 1. The van der Waals surface area contributed by atoms with Gasteiger partial charge in [0.05, 0.1) is 7.11 Å². The molecule has 0 aliphatic rings. The summed E-state index contributed by atoms with van der Waals surface area (Å²) in [6.07, 6.45) is 0. The van der Waals surface area contributed by atoms with Crippen LogP contribution in [0.3, 0.4) is 0 Å². The number of carbonyl (C=O) groups is 1. The molecule has 0 aromatic heterocycles. The van der Waals surface area contributed by atoms with Crippen molar-refractivity contribution in [3.8, 4) is 5.75 Å². The fraction of sp³-hybridized carbons (Fsp3) is 0.154. The van der Waals surface area contributed by atoms with Crippen molar-refractivity contribution in [3.05, 3.63) is 48.1 Å². The molecule has 1 aromatic rings. The Morgan fingerprint density at radius 3 is 2.29 bits per heavy atom. The highest BCUT2D eigenvalue weighted by Gasteiger charge is 2.06. The van der Waals surface area contributed by atoms with Crippen LogP contribution in [-0.4, -0.2) is 13.1 Å². The van der Waals surface area contributed by atoms with Crippen molar-refractivity contribution in [2.45, 2.75) is 11.8 Å². The second-order valence-corrected chi connectivity index (χ2v) is 4.39. The van der Waals surface area contributed by atoms with E-state index in [-0.39, 0.29) is 5.76 Å². The van der Waals surface area contributed by atoms with Crippen LogP contribution in [0.2, 0.25) is 0 Å². The molecule has 0 N–H and O–H groups in total. The average molecular weight is 250 g/mol. The first-order valence-electron chi connectivity index (χ1n) is 4.91. The van der Waals surface area contributed by atoms with Gasteiger partial charge in [-0.1, -0.05) is 24.9 Å². The molecule has 0 amide bonds. The molecule has 0 spiro atoms. The number of hydrogen-bond donors (Lipinski definition) is 0. The second kappa shape index (κ2) is 6.15. The van der Waals surface area contributed by atoms with Gasteiger partial charge in [0.1, 0.15) is 11.5 Å². The number of esters is 1. The van der Waals surface area contributed by atoms with Gasteiger partial charge in [0.25, 0.3) is 0 Å². The summed E-state index contributed by atoms with van der Waals surface area (Å²) in [6.45, 7) is 8.77. The molecule has 0 unspecified atom stereocenters. The van der Waals surface area contributed by atoms with Crippen LogP contribution in [-0.2, 0) is 9.53 Å². The van der Waals surface area contributed by atoms with Crippen LogP contribution in [0.1, 0.15) is 6.92 Å². The Morgan fingerprint density at radius 1 is 1.24 bits per heavy atom. The van der Waals surface area contributed by atoms with E-state index in [0.29, 0.717) is 4.91 Å². The van der Waals surface area contributed by atoms with E-state index < -0.39 is 5.97 Å². The standard InChI is InChI=1S/C13H14O3S/c1-9(16-11(3)14)10(2)17-13-7-5-12(15-4)6-8-13/h5-8H,1-2H2,3-4H3. The molecule has 1 aromatic carbocycles. The van der Waals surface area contributed by atoms with Crippen LogP contribution >= 0.6 is 11.8 Å². The molecule has 0 saturated heterocycles. The summed E-state index contributed by atoms with van der Waals surface area (Å²) in [4.78, 5) is 12.3. The number of thioether (sulfide) groups is 1. The van der Waals surface area contributed by atoms with E-state index in [1.807, 2.05) is 24.3 Å². The van der Waals surface area contributed by atoms with Crippen molar-refractivity contribution in [3.63, 3.8) is 0 Å². The van der Waals surface area contributed by atoms with Gasteiger partial charge in [-0.15, -0.1) is 0 Å². The summed E-state index contributed by atoms with van der Waals surface area (Å²) in [5, 5.41) is 0. The summed E-state index contributed by atoms with van der Waals surface area (Å²) in [5.74, 6) is 0.670. The van der Waals surface area contributed by atoms with E-state index in [1.165, 1.54) is 18.7 Å². The van der Waals surface area contributed by atoms with Gasteiger partial charge in [-0.25, -0.2) is 0 Å². The third-order valence-corrected chi connectivity index (χ3v) is 2.86. The largest absolute Gasteiger partial charge is 0.497 e. The zero-order chi connectivity index (χ0) is 12.8. The van der Waals surface area contributed by atoms with E-state index in [0.717, 1.165) is 10.6 Å². The fourth-order valence-corrected chi connectivity index (χ4v) is 1.79. The number of rotatable bonds is 5. The molecular formula is C13H14O3S. The highest BCUT2D eigenvalue weighted by molar-refractivity contribution is 8.03. The molecule has 3 nitrogen and oxygen atoms in total. The lowest BCUT2D eigenvalue weighted by molar-refractivity contribution is -0.136. The molecule has 0 saturated carbocycles. The highest BCUT2D eigenvalue weighted by Crippen LogP contribution is 2.31. The Bertz CT molecular complexity index is 434. The van der Waals surface area contributed by atoms with Gasteiger partial charge in [0.2, 0.25) is 0 Å². The maximum Gasteiger partial charge on any atom is 0.308 e. The van der Waals surface area contributed by atoms with Gasteiger partial charge in [0, 0.05) is 16.7 Å². The second-order valence-electron chi connectivity index (χ2n) is 3.22. The summed E-state index contributed by atoms with van der Waals surface area (Å²) in [7, 11) is 1.61. The molecule has 0 heterocycles. The summed E-state index contributed by atoms with van der Waals surface area (Å²) in [5.41, 5.74) is 0. The number of methoxy groups -OCH3 is 1. The molecule has 0 aliphatic carbocycles. The third kappa shape index (κ3) is 4.36. The summed E-state index contributed by atoms with van der Waals surface area (Å²) >= 11 is 1.39. The first kappa shape index (κ1) is 13.4. The minimum atomic E-state index is -0.397. The molecule has 17 heavy (non-hydrogen) atoms. The molecule has 0 atom stereocenters. The SMILES string of the molecule is C=C(OC(C)=O)C(=C)Sc1ccc(OC)cc1. The molecule has 0 radical (unpaired) electrons. The highest BCUT2D eigenvalue weighted by atomic mass is 32.2. The zero-order valence-corrected chi connectivity index (χ0v) is 10.7. The monoisotopic (exact) mass is 250 g/mol. The van der Waals surface area contributed by atoms with Crippen molar-refractivity contribution in [1.29, 1.82) is 0 Å². The summed E-state index contributed by atoms with van der Waals surface area (Å²) in [6, 6.07) is 7.50. The zero-order valence-electron chi connectivity index (χ0n) is 9.86. The van der Waals surface area contributed by atoms with Gasteiger partial charge in [0.15, 0.2) is 0 Å². The molecule has 1 rings (SSSR count). The van der Waals surface area contributed by atoms with E-state index in [9.17, 15) is 4.79 Å². The predicted molar refractivity (Wildman–Crippen MR) is 68.9 cm³/mol. The number of benzene rings is 1. The lowest BCUT2D eigenvalue weighted by Gasteiger charge is -2.08. The minimum Gasteiger partial charge on any atom is -0.497 e. The fourth-order valence-electron chi connectivity index (χ4n) is 1.07. The predicted octanol–water partition coefficient (Wildman–Crippen LogP) is 3.38. The first-order valence-corrected chi connectivity index (χ1v) is 5.73. The number of ether oxygens (including phenoxy) is 2. The minimum absolute atomic E-state index is 0.276. The Morgan fingerprint density at radius 2 is 1.82 bits per heavy atom. The Kier molecular flexibility index (Phi) is 4.84. The van der Waals surface area contributed by atoms with Crippen molar-refractivity contribution >= 4 is 17.7 Å². The van der Waals surface area contributed by atoms with Crippen molar-refractivity contribution in [2.75, 3.05) is 7.11 Å². The molecular weight excluding hydrogens is 236 g/mol. The van der Waals surface area contributed by atoms with Gasteiger partial charge in [-0.3, -0.25) is 4.79 Å². The van der Waals surface area contributed by atoms with Gasteiger partial charge < -0.3 is 9.47 Å². The van der Waals surface area contributed by atoms with E-state index in [1.54, 1.807) is 7.11 Å². The lowest BCUT2D eigenvalue weighted by Crippen LogP contribution is -1.98. The molecule has 4 heteroatoms. The third-order valence-electron chi connectivity index (χ3n) is 1.88. The van der Waals surface area contributed by atoms with Crippen molar-refractivity contribution in [2.24, 2.45) is 0 Å². The smallest absolute Gasteiger partial charge is 0.308 e. The molecule has 90 valence electrons. The summed E-state index contributed by atoms with van der Waals surface area (Å²) < 4.78 is 9.91. The van der Waals surface area contributed by atoms with Crippen molar-refractivity contribution in [1.82, 2.24) is 0 Å². The van der Waals surface area contributed by atoms with Crippen LogP contribution in [0.5, 0.6) is 5.75 Å². The normalized spacial score (nSPS) is 9.53. The Balaban J connectivity index is 2.61. The molecule has 0 fully saturated rings. The van der Waals surface area contributed by atoms with Crippen molar-refractivity contribution < 1.29 is 14.3 Å². The molecule has 0 aliphatic heterocycles. The Hall–Kier alpha value is -1.68. The quantitative estimate of drug-likeness (QED) is 0.347. The lowest BCUT2D eigenvalue weighted by atomic mass is 10.3. The van der Waals surface area contributed by atoms with E-state index in [2.05, 4.69) is 13.2 Å². The Labute approximate surface area is 105 Å². The number of hydrogen-bond acceptors (Lipinski definition) is 4. The van der Waals surface area contributed by atoms with Crippen LogP contribution in [0.15, 0.2) is 53.0 Å². The molecule has 0 bridgehead atoms. The van der Waals surface area contributed by atoms with E-state index >= 15 is 0 Å². The van der Waals surface area contributed by atoms with Gasteiger partial charge >= 0.3 is 5.97 Å². The van der Waals surface area contributed by atoms with Crippen LogP contribution < -0.4 is 4.74 Å². The van der Waals surface area contributed by atoms with Crippen LogP contribution in [0, 0.1) is 0 Å². The maximum absolute atomic E-state index is 10.7. The first-order chi connectivity index (χ1) is 8.02. The maximum atomic E-state index is 10.7. The van der Waals surface area contributed by atoms with Gasteiger partial charge in [-0.05, 0) is 24.3 Å². The average Bonchev–Trinajstić information content (AvgIpc) is 2.29.